The quantitative estimate of drug-likeness (QED) is 0.913. The maximum atomic E-state index is 12.1. The van der Waals surface area contributed by atoms with Crippen molar-refractivity contribution in [2.45, 2.75) is 12.5 Å². The highest BCUT2D eigenvalue weighted by molar-refractivity contribution is 7.16. The third-order valence-electron chi connectivity index (χ3n) is 3.13. The molecule has 20 heavy (non-hydrogen) atoms. The van der Waals surface area contributed by atoms with Crippen LogP contribution >= 0.6 is 22.9 Å². The van der Waals surface area contributed by atoms with Crippen LogP contribution in [0.2, 0.25) is 5.02 Å². The number of hydrogen-bond acceptors (Lipinski definition) is 5. The van der Waals surface area contributed by atoms with Crippen LogP contribution in [0.4, 0.5) is 5.69 Å². The highest BCUT2D eigenvalue weighted by atomic mass is 35.5. The van der Waals surface area contributed by atoms with Gasteiger partial charge in [0.1, 0.15) is 5.52 Å². The van der Waals surface area contributed by atoms with Crippen molar-refractivity contribution in [3.8, 4) is 0 Å². The molecule has 0 saturated carbocycles. The molecule has 1 saturated heterocycles. The molecule has 0 aliphatic carbocycles. The number of morpholine rings is 1. The standard InChI is InChI=1S/C13H14ClN3O2S/c14-9-1-2-10-13(16-7-20-10)12(9)17-11(18)5-8-6-15-3-4-19-8/h1-2,7-8,15H,3-6H2,(H,17,18). The zero-order valence-electron chi connectivity index (χ0n) is 10.7. The van der Waals surface area contributed by atoms with Gasteiger partial charge in [0, 0.05) is 13.1 Å². The maximum Gasteiger partial charge on any atom is 0.227 e. The third kappa shape index (κ3) is 2.93. The van der Waals surface area contributed by atoms with Gasteiger partial charge in [-0.1, -0.05) is 11.6 Å². The largest absolute Gasteiger partial charge is 0.375 e. The summed E-state index contributed by atoms with van der Waals surface area (Å²) >= 11 is 7.67. The molecular weight excluding hydrogens is 298 g/mol. The Hall–Kier alpha value is -1.21. The molecule has 5 nitrogen and oxygen atoms in total. The van der Waals surface area contributed by atoms with Gasteiger partial charge in [0.05, 0.1) is 40.1 Å². The zero-order valence-corrected chi connectivity index (χ0v) is 12.3. The first kappa shape index (κ1) is 13.8. The van der Waals surface area contributed by atoms with Gasteiger partial charge >= 0.3 is 0 Å². The van der Waals surface area contributed by atoms with E-state index in [1.807, 2.05) is 6.07 Å². The Labute approximate surface area is 125 Å². The molecule has 1 aliphatic rings. The minimum atomic E-state index is -0.110. The summed E-state index contributed by atoms with van der Waals surface area (Å²) in [5, 5.41) is 6.55. The fraction of sp³-hybridized carbons (Fsp3) is 0.385. The van der Waals surface area contributed by atoms with Gasteiger partial charge in [-0.2, -0.15) is 0 Å². The molecule has 0 radical (unpaired) electrons. The molecule has 1 aromatic heterocycles. The average molecular weight is 312 g/mol. The topological polar surface area (TPSA) is 63.2 Å². The fourth-order valence-corrected chi connectivity index (χ4v) is 3.06. The van der Waals surface area contributed by atoms with E-state index in [2.05, 4.69) is 15.6 Å². The predicted octanol–water partition coefficient (Wildman–Crippen LogP) is 2.27. The summed E-state index contributed by atoms with van der Waals surface area (Å²) in [6.45, 7) is 2.17. The number of hydrogen-bond donors (Lipinski definition) is 2. The lowest BCUT2D eigenvalue weighted by Crippen LogP contribution is -2.40. The Bertz CT molecular complexity index is 625. The van der Waals surface area contributed by atoms with Crippen molar-refractivity contribution in [1.29, 1.82) is 0 Å². The monoisotopic (exact) mass is 311 g/mol. The first-order chi connectivity index (χ1) is 9.74. The van der Waals surface area contributed by atoms with E-state index in [0.29, 0.717) is 30.3 Å². The molecule has 0 spiro atoms. The molecule has 1 unspecified atom stereocenters. The summed E-state index contributed by atoms with van der Waals surface area (Å²) in [6.07, 6.45) is 0.223. The smallest absolute Gasteiger partial charge is 0.227 e. The average Bonchev–Trinajstić information content (AvgIpc) is 2.92. The first-order valence-corrected chi connectivity index (χ1v) is 7.63. The molecule has 7 heteroatoms. The molecule has 1 amide bonds. The maximum absolute atomic E-state index is 12.1. The number of benzene rings is 1. The second-order valence-electron chi connectivity index (χ2n) is 4.57. The Kier molecular flexibility index (Phi) is 4.16. The summed E-state index contributed by atoms with van der Waals surface area (Å²) in [5.74, 6) is -0.110. The molecule has 2 N–H and O–H groups in total. The summed E-state index contributed by atoms with van der Waals surface area (Å²) in [4.78, 5) is 16.4. The number of fused-ring (bicyclic) bond motifs is 1. The minimum absolute atomic E-state index is 0.0860. The number of amides is 1. The van der Waals surface area contributed by atoms with E-state index in [1.165, 1.54) is 11.3 Å². The van der Waals surface area contributed by atoms with Crippen LogP contribution in [0.25, 0.3) is 10.2 Å². The molecule has 1 aliphatic heterocycles. The zero-order chi connectivity index (χ0) is 13.9. The molecular formula is C13H14ClN3O2S. The molecule has 106 valence electrons. The molecule has 2 heterocycles. The number of rotatable bonds is 3. The number of anilines is 1. The van der Waals surface area contributed by atoms with Gasteiger partial charge in [0.25, 0.3) is 0 Å². The minimum Gasteiger partial charge on any atom is -0.375 e. The van der Waals surface area contributed by atoms with Gasteiger partial charge in [-0.15, -0.1) is 11.3 Å². The number of nitrogens with one attached hydrogen (secondary N) is 2. The van der Waals surface area contributed by atoms with E-state index in [0.717, 1.165) is 16.8 Å². The van der Waals surface area contributed by atoms with E-state index in [4.69, 9.17) is 16.3 Å². The lowest BCUT2D eigenvalue weighted by molar-refractivity contribution is -0.119. The SMILES string of the molecule is O=C(CC1CNCCO1)Nc1c(Cl)ccc2scnc12. The Balaban J connectivity index is 1.73. The van der Waals surface area contributed by atoms with Crippen LogP contribution in [0.5, 0.6) is 0 Å². The van der Waals surface area contributed by atoms with Crippen LogP contribution in [0, 0.1) is 0 Å². The normalized spacial score (nSPS) is 19.1. The summed E-state index contributed by atoms with van der Waals surface area (Å²) < 4.78 is 6.52. The third-order valence-corrected chi connectivity index (χ3v) is 4.24. The Morgan fingerprint density at radius 1 is 1.60 bits per heavy atom. The van der Waals surface area contributed by atoms with Gasteiger partial charge in [0.2, 0.25) is 5.91 Å². The fourth-order valence-electron chi connectivity index (χ4n) is 2.17. The Morgan fingerprint density at radius 2 is 2.50 bits per heavy atom. The van der Waals surface area contributed by atoms with Gasteiger partial charge in [-0.25, -0.2) is 4.98 Å². The van der Waals surface area contributed by atoms with E-state index in [-0.39, 0.29) is 12.0 Å². The number of ether oxygens (including phenoxy) is 1. The molecule has 1 atom stereocenters. The summed E-state index contributed by atoms with van der Waals surface area (Å²) in [5.41, 5.74) is 3.06. The number of carbonyl (C=O) groups is 1. The first-order valence-electron chi connectivity index (χ1n) is 6.38. The van der Waals surface area contributed by atoms with Gasteiger partial charge in [-0.05, 0) is 12.1 Å². The van der Waals surface area contributed by atoms with Crippen molar-refractivity contribution < 1.29 is 9.53 Å². The highest BCUT2D eigenvalue weighted by Gasteiger charge is 2.19. The van der Waals surface area contributed by atoms with E-state index in [1.54, 1.807) is 11.6 Å². The van der Waals surface area contributed by atoms with E-state index >= 15 is 0 Å². The summed E-state index contributed by atoms with van der Waals surface area (Å²) in [6, 6.07) is 3.68. The number of carbonyl (C=O) groups excluding carboxylic acids is 1. The van der Waals surface area contributed by atoms with Crippen LogP contribution in [0.3, 0.4) is 0 Å². The second kappa shape index (κ2) is 6.05. The van der Waals surface area contributed by atoms with Crippen LogP contribution < -0.4 is 10.6 Å². The van der Waals surface area contributed by atoms with Crippen molar-refractivity contribution in [3.05, 3.63) is 22.7 Å². The number of thiazole rings is 1. The van der Waals surface area contributed by atoms with Crippen LogP contribution in [0.1, 0.15) is 6.42 Å². The summed E-state index contributed by atoms with van der Waals surface area (Å²) in [7, 11) is 0. The van der Waals surface area contributed by atoms with E-state index in [9.17, 15) is 4.79 Å². The molecule has 1 aromatic carbocycles. The molecule has 0 bridgehead atoms. The van der Waals surface area contributed by atoms with Crippen molar-refractivity contribution in [2.24, 2.45) is 0 Å². The van der Waals surface area contributed by atoms with Crippen LogP contribution in [-0.4, -0.2) is 36.7 Å². The van der Waals surface area contributed by atoms with Crippen molar-refractivity contribution in [2.75, 3.05) is 25.0 Å². The van der Waals surface area contributed by atoms with Crippen molar-refractivity contribution >= 4 is 44.7 Å². The molecule has 1 fully saturated rings. The lowest BCUT2D eigenvalue weighted by Gasteiger charge is -2.23. The number of aromatic nitrogens is 1. The molecule has 2 aromatic rings. The van der Waals surface area contributed by atoms with Crippen molar-refractivity contribution in [3.63, 3.8) is 0 Å². The lowest BCUT2D eigenvalue weighted by atomic mass is 10.2. The van der Waals surface area contributed by atoms with Crippen LogP contribution in [0.15, 0.2) is 17.6 Å². The second-order valence-corrected chi connectivity index (χ2v) is 5.86. The van der Waals surface area contributed by atoms with Crippen molar-refractivity contribution in [1.82, 2.24) is 10.3 Å². The van der Waals surface area contributed by atoms with E-state index < -0.39 is 0 Å². The van der Waals surface area contributed by atoms with Gasteiger partial charge in [0.15, 0.2) is 0 Å². The van der Waals surface area contributed by atoms with Crippen LogP contribution in [-0.2, 0) is 9.53 Å². The van der Waals surface area contributed by atoms with Gasteiger partial charge in [-0.3, -0.25) is 4.79 Å². The number of halogens is 1. The predicted molar refractivity (Wildman–Crippen MR) is 80.5 cm³/mol. The van der Waals surface area contributed by atoms with Gasteiger partial charge < -0.3 is 15.4 Å². The number of nitrogens with zero attached hydrogens (tertiary/aromatic N) is 1. The Morgan fingerprint density at radius 3 is 3.30 bits per heavy atom. The highest BCUT2D eigenvalue weighted by Crippen LogP contribution is 2.32. The molecule has 3 rings (SSSR count).